The van der Waals surface area contributed by atoms with E-state index in [1.807, 2.05) is 22.9 Å². The predicted octanol–water partition coefficient (Wildman–Crippen LogP) is 4.92. The molecule has 3 nitrogen and oxygen atoms in total. The van der Waals surface area contributed by atoms with E-state index in [9.17, 15) is 0 Å². The first-order chi connectivity index (χ1) is 9.75. The van der Waals surface area contributed by atoms with E-state index in [1.165, 1.54) is 32.1 Å². The van der Waals surface area contributed by atoms with Crippen LogP contribution in [-0.2, 0) is 0 Å². The molecule has 0 aliphatic heterocycles. The van der Waals surface area contributed by atoms with Crippen LogP contribution in [0.5, 0.6) is 0 Å². The zero-order valence-corrected chi connectivity index (χ0v) is 12.7. The van der Waals surface area contributed by atoms with Crippen LogP contribution in [0.3, 0.4) is 0 Å². The van der Waals surface area contributed by atoms with Gasteiger partial charge < -0.3 is 5.32 Å². The molecule has 1 saturated carbocycles. The maximum Gasteiger partial charge on any atom is 0.207 e. The highest BCUT2D eigenvalue weighted by molar-refractivity contribution is 6.43. The third-order valence-corrected chi connectivity index (χ3v) is 4.58. The van der Waals surface area contributed by atoms with Crippen molar-refractivity contribution >= 4 is 29.2 Å². The number of nitrogens with zero attached hydrogens (tertiary/aromatic N) is 2. The average Bonchev–Trinajstić information content (AvgIpc) is 2.91. The van der Waals surface area contributed by atoms with Crippen LogP contribution in [0.4, 0.5) is 5.95 Å². The summed E-state index contributed by atoms with van der Waals surface area (Å²) < 4.78 is 1.96. The van der Waals surface area contributed by atoms with Gasteiger partial charge in [-0.05, 0) is 25.0 Å². The molecular weight excluding hydrogens is 293 g/mol. The second-order valence-corrected chi connectivity index (χ2v) is 5.96. The lowest BCUT2D eigenvalue weighted by Gasteiger charge is -2.23. The summed E-state index contributed by atoms with van der Waals surface area (Å²) in [5.74, 6) is 0.834. The maximum atomic E-state index is 6.29. The van der Waals surface area contributed by atoms with Gasteiger partial charge in [-0.2, -0.15) is 0 Å². The molecule has 0 saturated heterocycles. The molecule has 0 atom stereocenters. The van der Waals surface area contributed by atoms with Crippen molar-refractivity contribution in [3.8, 4) is 5.69 Å². The van der Waals surface area contributed by atoms with Crippen LogP contribution in [0.25, 0.3) is 5.69 Å². The number of hydrogen-bond acceptors (Lipinski definition) is 2. The first kappa shape index (κ1) is 13.8. The van der Waals surface area contributed by atoms with E-state index < -0.39 is 0 Å². The maximum absolute atomic E-state index is 6.29. The van der Waals surface area contributed by atoms with Gasteiger partial charge >= 0.3 is 0 Å². The number of aromatic nitrogens is 2. The Morgan fingerprint density at radius 1 is 1.15 bits per heavy atom. The topological polar surface area (TPSA) is 29.9 Å². The van der Waals surface area contributed by atoms with Crippen LogP contribution in [-0.4, -0.2) is 15.6 Å². The van der Waals surface area contributed by atoms with Crippen LogP contribution >= 0.6 is 23.2 Å². The summed E-state index contributed by atoms with van der Waals surface area (Å²) in [6.45, 7) is 0. The summed E-state index contributed by atoms with van der Waals surface area (Å²) in [4.78, 5) is 4.41. The Kier molecular flexibility index (Phi) is 4.18. The van der Waals surface area contributed by atoms with Gasteiger partial charge in [0.2, 0.25) is 5.95 Å². The van der Waals surface area contributed by atoms with Gasteiger partial charge in [0.25, 0.3) is 0 Å². The normalized spacial score (nSPS) is 16.3. The van der Waals surface area contributed by atoms with Gasteiger partial charge in [0.15, 0.2) is 0 Å². The predicted molar refractivity (Wildman–Crippen MR) is 84.1 cm³/mol. The Balaban J connectivity index is 1.87. The number of hydrogen-bond donors (Lipinski definition) is 1. The Hall–Kier alpha value is -1.19. The molecule has 0 radical (unpaired) electrons. The van der Waals surface area contributed by atoms with Crippen molar-refractivity contribution in [3.05, 3.63) is 40.6 Å². The Bertz CT molecular complexity index is 589. The Labute approximate surface area is 128 Å². The lowest BCUT2D eigenvalue weighted by atomic mass is 9.96. The van der Waals surface area contributed by atoms with E-state index in [1.54, 1.807) is 12.3 Å². The van der Waals surface area contributed by atoms with E-state index in [0.29, 0.717) is 16.1 Å². The fourth-order valence-electron chi connectivity index (χ4n) is 2.71. The fourth-order valence-corrected chi connectivity index (χ4v) is 3.10. The molecule has 0 bridgehead atoms. The van der Waals surface area contributed by atoms with Gasteiger partial charge in [0.1, 0.15) is 0 Å². The summed E-state index contributed by atoms with van der Waals surface area (Å²) in [6.07, 6.45) is 10.0. The highest BCUT2D eigenvalue weighted by atomic mass is 35.5. The molecule has 1 aromatic carbocycles. The SMILES string of the molecule is Clc1cccc(-n2ccnc2NC2CCCCC2)c1Cl. The van der Waals surface area contributed by atoms with Gasteiger partial charge in [-0.3, -0.25) is 4.57 Å². The van der Waals surface area contributed by atoms with Crippen molar-refractivity contribution < 1.29 is 0 Å². The summed E-state index contributed by atoms with van der Waals surface area (Å²) in [5, 5.41) is 4.64. The van der Waals surface area contributed by atoms with Gasteiger partial charge in [0, 0.05) is 18.4 Å². The molecule has 1 aromatic heterocycles. The summed E-state index contributed by atoms with van der Waals surface area (Å²) in [7, 11) is 0. The number of nitrogens with one attached hydrogen (secondary N) is 1. The van der Waals surface area contributed by atoms with Gasteiger partial charge in [-0.15, -0.1) is 0 Å². The van der Waals surface area contributed by atoms with Crippen molar-refractivity contribution in [3.63, 3.8) is 0 Å². The summed E-state index contributed by atoms with van der Waals surface area (Å²) in [6, 6.07) is 6.14. The van der Waals surface area contributed by atoms with E-state index in [0.717, 1.165) is 11.6 Å². The minimum atomic E-state index is 0.503. The first-order valence-corrected chi connectivity index (χ1v) is 7.75. The fraction of sp³-hybridized carbons (Fsp3) is 0.400. The van der Waals surface area contributed by atoms with Crippen molar-refractivity contribution in [2.75, 3.05) is 5.32 Å². The van der Waals surface area contributed by atoms with Crippen LogP contribution < -0.4 is 5.32 Å². The standard InChI is InChI=1S/C15H17Cl2N3/c16-12-7-4-8-13(14(12)17)20-10-9-18-15(20)19-11-5-2-1-3-6-11/h4,7-11H,1-3,5-6H2,(H,18,19). The number of anilines is 1. The van der Waals surface area contributed by atoms with Crippen LogP contribution in [0.1, 0.15) is 32.1 Å². The lowest BCUT2D eigenvalue weighted by Crippen LogP contribution is -2.24. The van der Waals surface area contributed by atoms with Gasteiger partial charge in [-0.1, -0.05) is 48.5 Å². The highest BCUT2D eigenvalue weighted by Gasteiger charge is 2.16. The molecule has 1 fully saturated rings. The van der Waals surface area contributed by atoms with Crippen LogP contribution in [0.2, 0.25) is 10.0 Å². The second-order valence-electron chi connectivity index (χ2n) is 5.17. The third-order valence-electron chi connectivity index (χ3n) is 3.77. The lowest BCUT2D eigenvalue weighted by molar-refractivity contribution is 0.460. The monoisotopic (exact) mass is 309 g/mol. The molecule has 2 aromatic rings. The zero-order valence-electron chi connectivity index (χ0n) is 11.1. The highest BCUT2D eigenvalue weighted by Crippen LogP contribution is 2.30. The quantitative estimate of drug-likeness (QED) is 0.871. The molecule has 106 valence electrons. The molecule has 5 heteroatoms. The number of rotatable bonds is 3. The van der Waals surface area contributed by atoms with Crippen molar-refractivity contribution in [1.82, 2.24) is 9.55 Å². The van der Waals surface area contributed by atoms with Crippen LogP contribution in [0.15, 0.2) is 30.6 Å². The minimum Gasteiger partial charge on any atom is -0.353 e. The Morgan fingerprint density at radius 2 is 1.95 bits per heavy atom. The molecule has 1 aliphatic rings. The Morgan fingerprint density at radius 3 is 2.75 bits per heavy atom. The second kappa shape index (κ2) is 6.06. The van der Waals surface area contributed by atoms with Gasteiger partial charge in [0.05, 0.1) is 15.7 Å². The minimum absolute atomic E-state index is 0.503. The number of halogens is 2. The van der Waals surface area contributed by atoms with Crippen molar-refractivity contribution in [1.29, 1.82) is 0 Å². The van der Waals surface area contributed by atoms with Gasteiger partial charge in [-0.25, -0.2) is 4.98 Å². The molecule has 1 heterocycles. The van der Waals surface area contributed by atoms with E-state index in [2.05, 4.69) is 10.3 Å². The summed E-state index contributed by atoms with van der Waals surface area (Å²) in [5.41, 5.74) is 0.856. The number of benzene rings is 1. The molecule has 1 aliphatic carbocycles. The molecule has 0 unspecified atom stereocenters. The first-order valence-electron chi connectivity index (χ1n) is 7.00. The molecule has 1 N–H and O–H groups in total. The van der Waals surface area contributed by atoms with E-state index >= 15 is 0 Å². The molecule has 0 amide bonds. The van der Waals surface area contributed by atoms with Crippen LogP contribution in [0, 0.1) is 0 Å². The molecular formula is C15H17Cl2N3. The number of imidazole rings is 1. The summed E-state index contributed by atoms with van der Waals surface area (Å²) >= 11 is 12.4. The molecule has 20 heavy (non-hydrogen) atoms. The third kappa shape index (κ3) is 2.79. The zero-order chi connectivity index (χ0) is 13.9. The molecule has 0 spiro atoms. The smallest absolute Gasteiger partial charge is 0.207 e. The van der Waals surface area contributed by atoms with E-state index in [4.69, 9.17) is 23.2 Å². The van der Waals surface area contributed by atoms with Crippen molar-refractivity contribution in [2.24, 2.45) is 0 Å². The van der Waals surface area contributed by atoms with Crippen molar-refractivity contribution in [2.45, 2.75) is 38.1 Å². The largest absolute Gasteiger partial charge is 0.353 e. The van der Waals surface area contributed by atoms with E-state index in [-0.39, 0.29) is 0 Å². The average molecular weight is 310 g/mol. The molecule has 3 rings (SSSR count).